The van der Waals surface area contributed by atoms with Gasteiger partial charge in [-0.15, -0.1) is 0 Å². The Morgan fingerprint density at radius 1 is 1.14 bits per heavy atom. The first kappa shape index (κ1) is 16.9. The highest BCUT2D eigenvalue weighted by atomic mass is 32.1. The van der Waals surface area contributed by atoms with E-state index < -0.39 is 5.91 Å². The van der Waals surface area contributed by atoms with Crippen molar-refractivity contribution >= 4 is 29.0 Å². The van der Waals surface area contributed by atoms with Crippen LogP contribution >= 0.6 is 12.2 Å². The molecule has 0 saturated carbocycles. The fourth-order valence-corrected chi connectivity index (χ4v) is 1.49. The van der Waals surface area contributed by atoms with Crippen LogP contribution in [0, 0.1) is 0 Å². The molecule has 8 heteroatoms. The Morgan fingerprint density at radius 3 is 2.38 bits per heavy atom. The Kier molecular flexibility index (Phi) is 7.13. The topological polar surface area (TPSA) is 117 Å². The van der Waals surface area contributed by atoms with Gasteiger partial charge in [0.25, 0.3) is 5.91 Å². The summed E-state index contributed by atoms with van der Waals surface area (Å²) in [5.41, 5.74) is 11.1. The lowest BCUT2D eigenvalue weighted by molar-refractivity contribution is -0.123. The number of amides is 2. The van der Waals surface area contributed by atoms with Crippen molar-refractivity contribution in [2.45, 2.75) is 0 Å². The molecule has 0 saturated heterocycles. The van der Waals surface area contributed by atoms with Crippen LogP contribution in [0.2, 0.25) is 0 Å². The van der Waals surface area contributed by atoms with Crippen molar-refractivity contribution in [3.63, 3.8) is 0 Å². The Bertz CT molecular complexity index is 505. The normalized spacial score (nSPS) is 9.90. The minimum Gasteiger partial charge on any atom is -0.484 e. The zero-order chi connectivity index (χ0) is 15.7. The van der Waals surface area contributed by atoms with E-state index in [9.17, 15) is 9.59 Å². The summed E-state index contributed by atoms with van der Waals surface area (Å²) in [6, 6.07) is 6.79. The number of thiocarbonyl (C=S) groups is 1. The quantitative estimate of drug-likeness (QED) is 0.411. The third-order valence-corrected chi connectivity index (χ3v) is 2.56. The maximum absolute atomic E-state index is 11.5. The van der Waals surface area contributed by atoms with Crippen LogP contribution in [0.1, 0.15) is 5.56 Å². The van der Waals surface area contributed by atoms with E-state index in [1.807, 2.05) is 0 Å². The third-order valence-electron chi connectivity index (χ3n) is 2.32. The summed E-state index contributed by atoms with van der Waals surface area (Å²) >= 11 is 4.83. The van der Waals surface area contributed by atoms with E-state index in [1.165, 1.54) is 0 Å². The molecule has 1 rings (SSSR count). The number of benzene rings is 1. The van der Waals surface area contributed by atoms with Crippen LogP contribution in [-0.2, 0) is 14.3 Å². The van der Waals surface area contributed by atoms with Gasteiger partial charge < -0.3 is 26.3 Å². The van der Waals surface area contributed by atoms with E-state index in [0.29, 0.717) is 10.7 Å². The first-order valence-corrected chi connectivity index (χ1v) is 6.55. The fourth-order valence-electron chi connectivity index (χ4n) is 1.35. The molecule has 0 unspecified atom stereocenters. The Labute approximate surface area is 127 Å². The van der Waals surface area contributed by atoms with Gasteiger partial charge in [0.2, 0.25) is 5.91 Å². The number of ether oxygens (including phenoxy) is 2. The second-order valence-electron chi connectivity index (χ2n) is 4.05. The van der Waals surface area contributed by atoms with Gasteiger partial charge in [-0.25, -0.2) is 0 Å². The monoisotopic (exact) mass is 311 g/mol. The first-order valence-electron chi connectivity index (χ1n) is 6.14. The summed E-state index contributed by atoms with van der Waals surface area (Å²) in [7, 11) is 0. The van der Waals surface area contributed by atoms with Crippen LogP contribution in [0.15, 0.2) is 24.3 Å². The SMILES string of the molecule is NC(=O)COCCNC(=O)COc1ccc(C(N)=S)cc1. The molecule has 1 aromatic rings. The molecule has 1 aromatic carbocycles. The van der Waals surface area contributed by atoms with Crippen molar-refractivity contribution in [1.29, 1.82) is 0 Å². The van der Waals surface area contributed by atoms with E-state index >= 15 is 0 Å². The molecular weight excluding hydrogens is 294 g/mol. The number of nitrogens with one attached hydrogen (secondary N) is 1. The summed E-state index contributed by atoms with van der Waals surface area (Å²) in [6.07, 6.45) is 0. The number of carbonyl (C=O) groups is 2. The smallest absolute Gasteiger partial charge is 0.258 e. The predicted octanol–water partition coefficient (Wildman–Crippen LogP) is -0.682. The Balaban J connectivity index is 2.20. The molecule has 0 aliphatic rings. The third kappa shape index (κ3) is 7.23. The van der Waals surface area contributed by atoms with Crippen LogP contribution in [0.3, 0.4) is 0 Å². The highest BCUT2D eigenvalue weighted by Crippen LogP contribution is 2.11. The number of hydrogen-bond acceptors (Lipinski definition) is 5. The molecule has 0 aliphatic heterocycles. The summed E-state index contributed by atoms with van der Waals surface area (Å²) in [5.74, 6) is -0.309. The molecule has 0 aromatic heterocycles. The molecule has 0 aliphatic carbocycles. The largest absolute Gasteiger partial charge is 0.484 e. The van der Waals surface area contributed by atoms with Crippen molar-refractivity contribution in [3.8, 4) is 5.75 Å². The van der Waals surface area contributed by atoms with Crippen LogP contribution in [-0.4, -0.2) is 43.2 Å². The van der Waals surface area contributed by atoms with Crippen molar-refractivity contribution in [2.75, 3.05) is 26.4 Å². The van der Waals surface area contributed by atoms with Crippen molar-refractivity contribution in [2.24, 2.45) is 11.5 Å². The van der Waals surface area contributed by atoms with Crippen LogP contribution in [0.5, 0.6) is 5.75 Å². The van der Waals surface area contributed by atoms with Crippen LogP contribution in [0.25, 0.3) is 0 Å². The molecule has 0 spiro atoms. The van der Waals surface area contributed by atoms with E-state index in [4.69, 9.17) is 33.2 Å². The molecule has 0 bridgehead atoms. The number of primary amides is 1. The highest BCUT2D eigenvalue weighted by Gasteiger charge is 2.03. The van der Waals surface area contributed by atoms with Gasteiger partial charge in [-0.05, 0) is 24.3 Å². The second kappa shape index (κ2) is 8.88. The molecule has 114 valence electrons. The molecule has 5 N–H and O–H groups in total. The van der Waals surface area contributed by atoms with Crippen molar-refractivity contribution in [1.82, 2.24) is 5.32 Å². The second-order valence-corrected chi connectivity index (χ2v) is 4.49. The predicted molar refractivity (Wildman–Crippen MR) is 80.8 cm³/mol. The molecule has 0 atom stereocenters. The number of nitrogens with two attached hydrogens (primary N) is 2. The van der Waals surface area contributed by atoms with E-state index in [2.05, 4.69) is 5.32 Å². The van der Waals surface area contributed by atoms with Gasteiger partial charge in [0.1, 0.15) is 17.3 Å². The molecule has 7 nitrogen and oxygen atoms in total. The molecule has 21 heavy (non-hydrogen) atoms. The minimum absolute atomic E-state index is 0.123. The first-order chi connectivity index (χ1) is 9.99. The number of rotatable bonds is 9. The van der Waals surface area contributed by atoms with Crippen molar-refractivity contribution < 1.29 is 19.1 Å². The maximum atomic E-state index is 11.5. The van der Waals surface area contributed by atoms with E-state index in [-0.39, 0.29) is 32.3 Å². The van der Waals surface area contributed by atoms with Gasteiger partial charge in [-0.1, -0.05) is 12.2 Å². The summed E-state index contributed by atoms with van der Waals surface area (Å²) in [4.78, 5) is 22.2. The number of carbonyl (C=O) groups excluding carboxylic acids is 2. The van der Waals surface area contributed by atoms with Gasteiger partial charge in [0.15, 0.2) is 6.61 Å². The lowest BCUT2D eigenvalue weighted by atomic mass is 10.2. The van der Waals surface area contributed by atoms with Gasteiger partial charge in [-0.3, -0.25) is 9.59 Å². The Morgan fingerprint density at radius 2 is 1.81 bits per heavy atom. The zero-order valence-corrected chi connectivity index (χ0v) is 12.2. The van der Waals surface area contributed by atoms with E-state index in [0.717, 1.165) is 5.56 Å². The van der Waals surface area contributed by atoms with Crippen molar-refractivity contribution in [3.05, 3.63) is 29.8 Å². The standard InChI is InChI=1S/C13H17N3O4S/c14-11(17)7-19-6-5-16-12(18)8-20-10-3-1-9(2-4-10)13(15)21/h1-4H,5-8H2,(H2,14,17)(H2,15,21)(H,16,18). The molecule has 0 heterocycles. The highest BCUT2D eigenvalue weighted by molar-refractivity contribution is 7.80. The van der Waals surface area contributed by atoms with Gasteiger partial charge in [0.05, 0.1) is 6.61 Å². The zero-order valence-electron chi connectivity index (χ0n) is 11.3. The van der Waals surface area contributed by atoms with Gasteiger partial charge in [-0.2, -0.15) is 0 Å². The minimum atomic E-state index is -0.551. The molecular formula is C13H17N3O4S. The number of hydrogen-bond donors (Lipinski definition) is 3. The molecule has 0 radical (unpaired) electrons. The average molecular weight is 311 g/mol. The maximum Gasteiger partial charge on any atom is 0.258 e. The molecule has 2 amide bonds. The summed E-state index contributed by atoms with van der Waals surface area (Å²) < 4.78 is 10.2. The summed E-state index contributed by atoms with van der Waals surface area (Å²) in [6.45, 7) is 0.192. The average Bonchev–Trinajstić information content (AvgIpc) is 2.44. The van der Waals surface area contributed by atoms with E-state index in [1.54, 1.807) is 24.3 Å². The van der Waals surface area contributed by atoms with Gasteiger partial charge in [0, 0.05) is 12.1 Å². The molecule has 0 fully saturated rings. The lowest BCUT2D eigenvalue weighted by Crippen LogP contribution is -2.32. The van der Waals surface area contributed by atoms with Crippen LogP contribution in [0.4, 0.5) is 0 Å². The fraction of sp³-hybridized carbons (Fsp3) is 0.308. The Hall–Kier alpha value is -2.19. The van der Waals surface area contributed by atoms with Crippen LogP contribution < -0.4 is 21.5 Å². The summed E-state index contributed by atoms with van der Waals surface area (Å²) in [5, 5.41) is 2.57. The van der Waals surface area contributed by atoms with Gasteiger partial charge >= 0.3 is 0 Å². The lowest BCUT2D eigenvalue weighted by Gasteiger charge is -2.08.